The summed E-state index contributed by atoms with van der Waals surface area (Å²) in [4.78, 5) is 11.7. The second-order valence-electron chi connectivity index (χ2n) is 5.18. The van der Waals surface area contributed by atoms with Crippen LogP contribution in [0.4, 0.5) is 0 Å². The van der Waals surface area contributed by atoms with Crippen LogP contribution in [0.2, 0.25) is 0 Å². The average Bonchev–Trinajstić information content (AvgIpc) is 3.09. The first-order valence-corrected chi connectivity index (χ1v) is 6.44. The van der Waals surface area contributed by atoms with Crippen molar-refractivity contribution in [2.75, 3.05) is 13.1 Å². The van der Waals surface area contributed by atoms with Crippen LogP contribution in [-0.4, -0.2) is 18.9 Å². The van der Waals surface area contributed by atoms with Crippen molar-refractivity contribution in [1.82, 2.24) is 5.32 Å². The zero-order valence-corrected chi connectivity index (χ0v) is 10.7. The van der Waals surface area contributed by atoms with Gasteiger partial charge in [0.05, 0.1) is 5.92 Å². The van der Waals surface area contributed by atoms with Gasteiger partial charge in [-0.1, -0.05) is 29.8 Å². The van der Waals surface area contributed by atoms with E-state index in [4.69, 9.17) is 0 Å². The lowest BCUT2D eigenvalue weighted by Gasteiger charge is -2.15. The predicted octanol–water partition coefficient (Wildman–Crippen LogP) is 2.67. The lowest BCUT2D eigenvalue weighted by Crippen LogP contribution is -2.27. The maximum Gasteiger partial charge on any atom is 0.138 e. The van der Waals surface area contributed by atoms with E-state index in [1.54, 1.807) is 6.92 Å². The largest absolute Gasteiger partial charge is 0.315 e. The molecule has 2 rings (SSSR count). The summed E-state index contributed by atoms with van der Waals surface area (Å²) in [6.07, 6.45) is 2.70. The van der Waals surface area contributed by atoms with Gasteiger partial charge >= 0.3 is 0 Å². The second kappa shape index (κ2) is 5.46. The van der Waals surface area contributed by atoms with E-state index in [2.05, 4.69) is 36.5 Å². The molecule has 1 aromatic rings. The Labute approximate surface area is 103 Å². The predicted molar refractivity (Wildman–Crippen MR) is 70.2 cm³/mol. The molecule has 0 radical (unpaired) electrons. The standard InChI is InChI=1S/C15H21NO/c1-11-3-7-14(8-4-11)15(12(2)17)10-16-9-13-5-6-13/h3-4,7-8,13,15-16H,5-6,9-10H2,1-2H3/t15-/m0/s1. The molecule has 0 saturated heterocycles. The normalized spacial score (nSPS) is 16.8. The van der Waals surface area contributed by atoms with Crippen LogP contribution >= 0.6 is 0 Å². The minimum absolute atomic E-state index is 0.00866. The zero-order chi connectivity index (χ0) is 12.3. The van der Waals surface area contributed by atoms with Gasteiger partial charge in [-0.2, -0.15) is 0 Å². The molecular weight excluding hydrogens is 210 g/mol. The molecule has 0 aliphatic heterocycles. The van der Waals surface area contributed by atoms with Crippen LogP contribution in [0.1, 0.15) is 36.8 Å². The van der Waals surface area contributed by atoms with Crippen molar-refractivity contribution in [3.8, 4) is 0 Å². The van der Waals surface area contributed by atoms with E-state index in [1.807, 2.05) is 0 Å². The van der Waals surface area contributed by atoms with Crippen molar-refractivity contribution in [2.24, 2.45) is 5.92 Å². The van der Waals surface area contributed by atoms with Crippen LogP contribution in [0, 0.1) is 12.8 Å². The molecule has 1 saturated carbocycles. The number of benzene rings is 1. The number of carbonyl (C=O) groups is 1. The van der Waals surface area contributed by atoms with Crippen LogP contribution in [0.5, 0.6) is 0 Å². The highest BCUT2D eigenvalue weighted by molar-refractivity contribution is 5.83. The van der Waals surface area contributed by atoms with Gasteiger partial charge in [-0.15, -0.1) is 0 Å². The Bertz CT molecular complexity index is 378. The lowest BCUT2D eigenvalue weighted by atomic mass is 9.94. The van der Waals surface area contributed by atoms with Crippen LogP contribution in [0.15, 0.2) is 24.3 Å². The smallest absolute Gasteiger partial charge is 0.138 e. The molecule has 2 nitrogen and oxygen atoms in total. The topological polar surface area (TPSA) is 29.1 Å². The van der Waals surface area contributed by atoms with Gasteiger partial charge in [0.25, 0.3) is 0 Å². The first-order chi connectivity index (χ1) is 8.16. The lowest BCUT2D eigenvalue weighted by molar-refractivity contribution is -0.118. The summed E-state index contributed by atoms with van der Waals surface area (Å²) >= 11 is 0. The van der Waals surface area contributed by atoms with Gasteiger partial charge in [-0.3, -0.25) is 4.79 Å². The van der Waals surface area contributed by atoms with Crippen LogP contribution in [0.3, 0.4) is 0 Å². The van der Waals surface area contributed by atoms with Crippen molar-refractivity contribution >= 4 is 5.78 Å². The van der Waals surface area contributed by atoms with Crippen molar-refractivity contribution in [2.45, 2.75) is 32.6 Å². The molecule has 1 atom stereocenters. The van der Waals surface area contributed by atoms with E-state index in [-0.39, 0.29) is 11.7 Å². The number of nitrogens with one attached hydrogen (secondary N) is 1. The number of hydrogen-bond acceptors (Lipinski definition) is 2. The quantitative estimate of drug-likeness (QED) is 0.815. The second-order valence-corrected chi connectivity index (χ2v) is 5.18. The van der Waals surface area contributed by atoms with Crippen LogP contribution in [0.25, 0.3) is 0 Å². The van der Waals surface area contributed by atoms with Gasteiger partial charge < -0.3 is 5.32 Å². The summed E-state index contributed by atoms with van der Waals surface area (Å²) in [7, 11) is 0. The number of ketones is 1. The van der Waals surface area contributed by atoms with Crippen LogP contribution < -0.4 is 5.32 Å². The SMILES string of the molecule is CC(=O)[C@H](CNCC1CC1)c1ccc(C)cc1. The molecule has 1 aliphatic rings. The van der Waals surface area contributed by atoms with Gasteiger partial charge in [0.1, 0.15) is 5.78 Å². The van der Waals surface area contributed by atoms with Gasteiger partial charge in [0.2, 0.25) is 0 Å². The van der Waals surface area contributed by atoms with E-state index in [0.717, 1.165) is 24.6 Å². The number of hydrogen-bond donors (Lipinski definition) is 1. The molecule has 0 aromatic heterocycles. The Balaban J connectivity index is 1.95. The number of Topliss-reactive ketones (excluding diaryl/α,β-unsaturated/α-hetero) is 1. The monoisotopic (exact) mass is 231 g/mol. The minimum atomic E-state index is 0.00866. The number of rotatable bonds is 6. The molecule has 1 N–H and O–H groups in total. The number of aryl methyl sites for hydroxylation is 1. The van der Waals surface area contributed by atoms with Crippen LogP contribution in [-0.2, 0) is 4.79 Å². The molecule has 17 heavy (non-hydrogen) atoms. The number of carbonyl (C=O) groups excluding carboxylic acids is 1. The van der Waals surface area contributed by atoms with Crippen molar-refractivity contribution in [3.63, 3.8) is 0 Å². The first kappa shape index (κ1) is 12.3. The molecule has 0 heterocycles. The zero-order valence-electron chi connectivity index (χ0n) is 10.7. The maximum atomic E-state index is 11.7. The summed E-state index contributed by atoms with van der Waals surface area (Å²) in [5.41, 5.74) is 2.37. The van der Waals surface area contributed by atoms with Gasteiger partial charge in [-0.25, -0.2) is 0 Å². The molecule has 2 heteroatoms. The van der Waals surface area contributed by atoms with E-state index < -0.39 is 0 Å². The van der Waals surface area contributed by atoms with Crippen molar-refractivity contribution < 1.29 is 4.79 Å². The van der Waals surface area contributed by atoms with E-state index in [9.17, 15) is 4.79 Å². The van der Waals surface area contributed by atoms with E-state index >= 15 is 0 Å². The molecule has 0 bridgehead atoms. The Morgan fingerprint density at radius 3 is 2.53 bits per heavy atom. The van der Waals surface area contributed by atoms with E-state index in [0.29, 0.717) is 0 Å². The van der Waals surface area contributed by atoms with Gasteiger partial charge in [0, 0.05) is 6.54 Å². The maximum absolute atomic E-state index is 11.7. The minimum Gasteiger partial charge on any atom is -0.315 e. The third kappa shape index (κ3) is 3.67. The van der Waals surface area contributed by atoms with Gasteiger partial charge in [0.15, 0.2) is 0 Å². The molecule has 0 amide bonds. The molecule has 1 fully saturated rings. The molecule has 0 spiro atoms. The summed E-state index contributed by atoms with van der Waals surface area (Å²) in [5.74, 6) is 1.12. The third-order valence-corrected chi connectivity index (χ3v) is 3.45. The molecular formula is C15H21NO. The summed E-state index contributed by atoms with van der Waals surface area (Å²) in [6.45, 7) is 5.59. The fourth-order valence-corrected chi connectivity index (χ4v) is 2.05. The van der Waals surface area contributed by atoms with E-state index in [1.165, 1.54) is 18.4 Å². The molecule has 1 aliphatic carbocycles. The highest BCUT2D eigenvalue weighted by Gasteiger charge is 2.22. The molecule has 0 unspecified atom stereocenters. The molecule has 92 valence electrons. The molecule has 1 aromatic carbocycles. The summed E-state index contributed by atoms with van der Waals surface area (Å²) in [5, 5.41) is 3.42. The highest BCUT2D eigenvalue weighted by Crippen LogP contribution is 2.27. The fraction of sp³-hybridized carbons (Fsp3) is 0.533. The summed E-state index contributed by atoms with van der Waals surface area (Å²) in [6, 6.07) is 8.29. The first-order valence-electron chi connectivity index (χ1n) is 6.44. The Morgan fingerprint density at radius 1 is 1.35 bits per heavy atom. The summed E-state index contributed by atoms with van der Waals surface area (Å²) < 4.78 is 0. The van der Waals surface area contributed by atoms with Gasteiger partial charge in [-0.05, 0) is 44.7 Å². The Morgan fingerprint density at radius 2 is 2.00 bits per heavy atom. The van der Waals surface area contributed by atoms with Crippen molar-refractivity contribution in [3.05, 3.63) is 35.4 Å². The fourth-order valence-electron chi connectivity index (χ4n) is 2.05. The van der Waals surface area contributed by atoms with Crippen molar-refractivity contribution in [1.29, 1.82) is 0 Å². The highest BCUT2D eigenvalue weighted by atomic mass is 16.1. The Hall–Kier alpha value is -1.15. The Kier molecular flexibility index (Phi) is 3.95. The average molecular weight is 231 g/mol. The third-order valence-electron chi connectivity index (χ3n) is 3.45.